The third-order valence-corrected chi connectivity index (χ3v) is 11.7. The molecule has 4 rings (SSSR count). The summed E-state index contributed by atoms with van der Waals surface area (Å²) in [5.74, 6) is -1.80. The number of carbonyl (C=O) groups is 3. The molecule has 11 nitrogen and oxygen atoms in total. The summed E-state index contributed by atoms with van der Waals surface area (Å²) in [5.41, 5.74) is 5.27. The molecule has 0 radical (unpaired) electrons. The summed E-state index contributed by atoms with van der Waals surface area (Å²) in [6.45, 7) is 7.69. The Hall–Kier alpha value is -4.55. The molecular formula is C43H57N2O9S+. The Balaban J connectivity index is 1.64. The van der Waals surface area contributed by atoms with Gasteiger partial charge in [-0.05, 0) is 89.1 Å². The van der Waals surface area contributed by atoms with Gasteiger partial charge < -0.3 is 19.8 Å². The predicted octanol–water partition coefficient (Wildman–Crippen LogP) is 8.50. The summed E-state index contributed by atoms with van der Waals surface area (Å²) in [5, 5.41) is 18.2. The van der Waals surface area contributed by atoms with E-state index < -0.39 is 27.5 Å². The first-order valence-corrected chi connectivity index (χ1v) is 20.7. The van der Waals surface area contributed by atoms with Gasteiger partial charge in [0.25, 0.3) is 10.1 Å². The topological polar surface area (TPSA) is 162 Å². The molecule has 0 aliphatic carbocycles. The Labute approximate surface area is 325 Å². The minimum Gasteiger partial charge on any atom is -0.481 e. The first-order chi connectivity index (χ1) is 26.1. The van der Waals surface area contributed by atoms with Crippen molar-refractivity contribution in [3.8, 4) is 0 Å². The number of benzene rings is 2. The lowest BCUT2D eigenvalue weighted by Crippen LogP contribution is -2.29. The molecule has 1 atom stereocenters. The van der Waals surface area contributed by atoms with E-state index in [9.17, 15) is 27.4 Å². The van der Waals surface area contributed by atoms with Gasteiger partial charge in [0.05, 0.1) is 17.4 Å². The van der Waals surface area contributed by atoms with Gasteiger partial charge in [-0.3, -0.25) is 18.9 Å². The maximum Gasteiger partial charge on any atom is 0.305 e. The quantitative estimate of drug-likeness (QED) is 0.0348. The molecule has 0 aromatic heterocycles. The molecule has 2 aliphatic heterocycles. The zero-order valence-corrected chi connectivity index (χ0v) is 33.4. The van der Waals surface area contributed by atoms with Crippen molar-refractivity contribution in [2.24, 2.45) is 0 Å². The van der Waals surface area contributed by atoms with Gasteiger partial charge >= 0.3 is 17.9 Å². The molecule has 55 heavy (non-hydrogen) atoms. The second-order valence-corrected chi connectivity index (χ2v) is 16.6. The van der Waals surface area contributed by atoms with Gasteiger partial charge in [0.2, 0.25) is 5.69 Å². The Morgan fingerprint density at radius 3 is 2.13 bits per heavy atom. The Bertz CT molecular complexity index is 1940. The van der Waals surface area contributed by atoms with Crippen LogP contribution in [0.4, 0.5) is 11.4 Å². The van der Waals surface area contributed by atoms with Gasteiger partial charge in [-0.1, -0.05) is 55.7 Å². The molecule has 0 saturated heterocycles. The number of methoxy groups -OCH3 is 1. The lowest BCUT2D eigenvalue weighted by molar-refractivity contribution is -0.438. The highest BCUT2D eigenvalue weighted by Crippen LogP contribution is 2.51. The highest BCUT2D eigenvalue weighted by Gasteiger charge is 2.45. The number of ether oxygens (including phenoxy) is 1. The molecule has 2 aliphatic rings. The molecule has 2 heterocycles. The van der Waals surface area contributed by atoms with Crippen LogP contribution in [-0.4, -0.2) is 71.6 Å². The average molecular weight is 778 g/mol. The Morgan fingerprint density at radius 1 is 0.800 bits per heavy atom. The van der Waals surface area contributed by atoms with Crippen LogP contribution in [0.2, 0.25) is 0 Å². The lowest BCUT2D eigenvalue weighted by atomic mass is 9.77. The zero-order chi connectivity index (χ0) is 40.2. The van der Waals surface area contributed by atoms with Crippen LogP contribution >= 0.6 is 0 Å². The van der Waals surface area contributed by atoms with Crippen LogP contribution in [0.25, 0.3) is 0 Å². The van der Waals surface area contributed by atoms with Crippen LogP contribution in [0, 0.1) is 0 Å². The van der Waals surface area contributed by atoms with Crippen LogP contribution < -0.4 is 4.90 Å². The van der Waals surface area contributed by atoms with Crippen molar-refractivity contribution in [2.75, 3.05) is 25.1 Å². The van der Waals surface area contributed by atoms with E-state index >= 15 is 0 Å². The van der Waals surface area contributed by atoms with Crippen LogP contribution in [0.15, 0.2) is 83.4 Å². The van der Waals surface area contributed by atoms with E-state index in [1.54, 1.807) is 6.07 Å². The number of nitrogens with zero attached hydrogens (tertiary/aromatic N) is 2. The van der Waals surface area contributed by atoms with Crippen molar-refractivity contribution < 1.29 is 46.9 Å². The number of anilines is 1. The fraction of sp³-hybridized carbons (Fsp3) is 0.488. The number of carbonyl (C=O) groups excluding carboxylic acids is 1. The maximum absolute atomic E-state index is 12.1. The third-order valence-electron chi connectivity index (χ3n) is 10.9. The summed E-state index contributed by atoms with van der Waals surface area (Å²) < 4.78 is 40.9. The maximum atomic E-state index is 12.1. The third kappa shape index (κ3) is 11.0. The van der Waals surface area contributed by atoms with Crippen molar-refractivity contribution in [1.82, 2.24) is 0 Å². The first kappa shape index (κ1) is 43.2. The van der Waals surface area contributed by atoms with Crippen molar-refractivity contribution in [1.29, 1.82) is 0 Å². The molecule has 2 aromatic rings. The number of carboxylic acid groups (broad SMARTS) is 2. The number of hydrogen-bond acceptors (Lipinski definition) is 7. The van der Waals surface area contributed by atoms with Gasteiger partial charge in [-0.2, -0.15) is 13.0 Å². The standard InChI is InChI=1S/C43H56N2O9S/c1-42(2)34-31-32(55(51,52)53)26-27-36(34)44(29-17-7-11-23-39(46)47)37(42)21-9-5-10-22-38-43(3,28-16-6-13-25-41(50)54-4)33-19-14-15-20-35(33)45(38)30-18-8-12-24-40(48)49/h5,9-10,14-15,19-22,26-27,31H,6-8,11-13,16-18,23-25,28-30H2,1-4H3,(H2-,46,47,48,49,51,52,53)/p+1. The summed E-state index contributed by atoms with van der Waals surface area (Å²) in [6, 6.07) is 13.1. The van der Waals surface area contributed by atoms with Crippen LogP contribution in [0.5, 0.6) is 0 Å². The van der Waals surface area contributed by atoms with Crippen molar-refractivity contribution in [3.05, 3.63) is 89.7 Å². The molecule has 12 heteroatoms. The molecule has 0 saturated carbocycles. The lowest BCUT2D eigenvalue weighted by Gasteiger charge is -2.30. The zero-order valence-electron chi connectivity index (χ0n) is 32.6. The predicted molar refractivity (Wildman–Crippen MR) is 214 cm³/mol. The van der Waals surface area contributed by atoms with Crippen molar-refractivity contribution in [2.45, 2.75) is 120 Å². The van der Waals surface area contributed by atoms with Gasteiger partial charge in [0.1, 0.15) is 6.54 Å². The first-order valence-electron chi connectivity index (χ1n) is 19.3. The minimum atomic E-state index is -4.40. The number of fused-ring (bicyclic) bond motifs is 2. The van der Waals surface area contributed by atoms with E-state index in [2.05, 4.69) is 40.7 Å². The van der Waals surface area contributed by atoms with Gasteiger partial charge in [-0.15, -0.1) is 0 Å². The monoisotopic (exact) mass is 777 g/mol. The van der Waals surface area contributed by atoms with E-state index in [0.717, 1.165) is 86.3 Å². The average Bonchev–Trinajstić information content (AvgIpc) is 3.49. The smallest absolute Gasteiger partial charge is 0.305 e. The molecular weight excluding hydrogens is 721 g/mol. The van der Waals surface area contributed by atoms with E-state index in [1.807, 2.05) is 44.2 Å². The summed E-state index contributed by atoms with van der Waals surface area (Å²) in [7, 11) is -2.99. The second kappa shape index (κ2) is 19.4. The second-order valence-electron chi connectivity index (χ2n) is 15.2. The fourth-order valence-corrected chi connectivity index (χ4v) is 8.41. The molecule has 0 fully saturated rings. The molecule has 298 valence electrons. The summed E-state index contributed by atoms with van der Waals surface area (Å²) in [4.78, 5) is 36.1. The molecule has 2 aromatic carbocycles. The number of esters is 1. The molecule has 0 bridgehead atoms. The molecule has 0 amide bonds. The van der Waals surface area contributed by atoms with E-state index in [0.29, 0.717) is 25.8 Å². The van der Waals surface area contributed by atoms with E-state index in [4.69, 9.17) is 14.9 Å². The SMILES string of the molecule is COC(=O)CCCCCC1(C)C(=CC=CC=CC2=[N+](CCCCCC(=O)O)c3ccc(S(=O)(=O)O)cc3C2(C)C)N(CCCCCC(=O)O)c2ccccc21. The number of unbranched alkanes of at least 4 members (excludes halogenated alkanes) is 6. The van der Waals surface area contributed by atoms with Crippen LogP contribution in [0.3, 0.4) is 0 Å². The Kier molecular flexibility index (Phi) is 15.2. The van der Waals surface area contributed by atoms with E-state index in [1.165, 1.54) is 24.8 Å². The molecule has 3 N–H and O–H groups in total. The van der Waals surface area contributed by atoms with Gasteiger partial charge in [-0.25, -0.2) is 0 Å². The van der Waals surface area contributed by atoms with Crippen LogP contribution in [-0.2, 0) is 40.1 Å². The number of aliphatic carboxylic acids is 2. The highest BCUT2D eigenvalue weighted by atomic mass is 32.2. The van der Waals surface area contributed by atoms with Crippen molar-refractivity contribution >= 4 is 45.1 Å². The normalized spacial score (nSPS) is 18.4. The number of hydrogen-bond donors (Lipinski definition) is 3. The van der Waals surface area contributed by atoms with E-state index in [-0.39, 0.29) is 29.1 Å². The molecule has 1 unspecified atom stereocenters. The highest BCUT2D eigenvalue weighted by molar-refractivity contribution is 7.85. The Morgan fingerprint density at radius 2 is 1.45 bits per heavy atom. The molecule has 0 spiro atoms. The summed E-state index contributed by atoms with van der Waals surface area (Å²) >= 11 is 0. The minimum absolute atomic E-state index is 0.109. The fourth-order valence-electron chi connectivity index (χ4n) is 7.90. The van der Waals surface area contributed by atoms with Gasteiger partial charge in [0, 0.05) is 66.7 Å². The van der Waals surface area contributed by atoms with Gasteiger partial charge in [0.15, 0.2) is 5.71 Å². The van der Waals surface area contributed by atoms with Crippen LogP contribution in [0.1, 0.15) is 115 Å². The number of para-hydroxylation sites is 1. The number of rotatable bonds is 22. The number of carboxylic acids is 2. The summed E-state index contributed by atoms with van der Waals surface area (Å²) in [6.07, 6.45) is 18.6. The van der Waals surface area contributed by atoms with Crippen molar-refractivity contribution in [3.63, 3.8) is 0 Å². The largest absolute Gasteiger partial charge is 0.481 e. The number of allylic oxidation sites excluding steroid dienone is 6.